The zero-order chi connectivity index (χ0) is 12.6. The number of hydrogen-bond donors (Lipinski definition) is 2. The van der Waals surface area contributed by atoms with E-state index in [4.69, 9.17) is 0 Å². The minimum Gasteiger partial charge on any atom is -0.388 e. The Bertz CT molecular complexity index is 417. The number of anilines is 1. The first-order chi connectivity index (χ1) is 7.91. The van der Waals surface area contributed by atoms with Crippen LogP contribution in [0, 0.1) is 0 Å². The van der Waals surface area contributed by atoms with Crippen molar-refractivity contribution in [3.05, 3.63) is 29.3 Å². The Morgan fingerprint density at radius 2 is 2.12 bits per heavy atom. The van der Waals surface area contributed by atoms with Gasteiger partial charge in [-0.05, 0) is 31.0 Å². The Labute approximate surface area is 97.5 Å². The van der Waals surface area contributed by atoms with Crippen LogP contribution in [-0.4, -0.2) is 11.1 Å². The second-order valence-electron chi connectivity index (χ2n) is 4.30. The van der Waals surface area contributed by atoms with Gasteiger partial charge in [-0.25, -0.2) is 0 Å². The van der Waals surface area contributed by atoms with Crippen LogP contribution in [0.4, 0.5) is 18.9 Å². The molecular formula is C12H14F3NO. The summed E-state index contributed by atoms with van der Waals surface area (Å²) in [5.74, 6) is 0. The minimum atomic E-state index is -4.36. The highest BCUT2D eigenvalue weighted by Crippen LogP contribution is 2.38. The summed E-state index contributed by atoms with van der Waals surface area (Å²) in [7, 11) is 0. The molecule has 5 heteroatoms. The van der Waals surface area contributed by atoms with Crippen molar-refractivity contribution in [1.82, 2.24) is 0 Å². The molecule has 2 atom stereocenters. The Kier molecular flexibility index (Phi) is 3.03. The molecule has 1 aliphatic heterocycles. The first kappa shape index (κ1) is 12.2. The van der Waals surface area contributed by atoms with E-state index in [1.165, 1.54) is 6.07 Å². The van der Waals surface area contributed by atoms with E-state index in [2.05, 4.69) is 5.32 Å². The van der Waals surface area contributed by atoms with Crippen LogP contribution in [0.3, 0.4) is 0 Å². The van der Waals surface area contributed by atoms with Crippen LogP contribution >= 0.6 is 0 Å². The minimum absolute atomic E-state index is 0.120. The molecule has 0 saturated heterocycles. The maximum atomic E-state index is 12.5. The Morgan fingerprint density at radius 3 is 2.71 bits per heavy atom. The Balaban J connectivity index is 2.37. The smallest absolute Gasteiger partial charge is 0.388 e. The number of nitrogens with one attached hydrogen (secondary N) is 1. The normalized spacial score (nSPS) is 24.1. The summed E-state index contributed by atoms with van der Waals surface area (Å²) >= 11 is 0. The highest BCUT2D eigenvalue weighted by molar-refractivity contribution is 5.56. The SMILES string of the molecule is CC[C@@H]1C[C@H](O)c2cc(C(F)(F)F)ccc2N1. The van der Waals surface area contributed by atoms with E-state index in [1.807, 2.05) is 6.92 Å². The zero-order valence-electron chi connectivity index (χ0n) is 9.38. The predicted molar refractivity (Wildman–Crippen MR) is 58.7 cm³/mol. The standard InChI is InChI=1S/C12H14F3NO/c1-2-8-6-11(17)9-5-7(12(13,14)15)3-4-10(9)16-8/h3-5,8,11,16-17H,2,6H2,1H3/t8-,11+/m1/s1. The van der Waals surface area contributed by atoms with E-state index in [0.29, 0.717) is 17.7 Å². The van der Waals surface area contributed by atoms with Gasteiger partial charge >= 0.3 is 6.18 Å². The van der Waals surface area contributed by atoms with E-state index in [1.54, 1.807) is 0 Å². The van der Waals surface area contributed by atoms with Crippen LogP contribution in [-0.2, 0) is 6.18 Å². The second-order valence-corrected chi connectivity index (χ2v) is 4.30. The van der Waals surface area contributed by atoms with Gasteiger partial charge in [0.05, 0.1) is 11.7 Å². The van der Waals surface area contributed by atoms with E-state index in [9.17, 15) is 18.3 Å². The van der Waals surface area contributed by atoms with Gasteiger partial charge in [0.1, 0.15) is 0 Å². The molecule has 1 aromatic carbocycles. The summed E-state index contributed by atoms with van der Waals surface area (Å²) in [6.07, 6.45) is -3.91. The summed E-state index contributed by atoms with van der Waals surface area (Å²) in [6.45, 7) is 1.97. The zero-order valence-corrected chi connectivity index (χ0v) is 9.38. The van der Waals surface area contributed by atoms with Crippen molar-refractivity contribution in [3.8, 4) is 0 Å². The fourth-order valence-corrected chi connectivity index (χ4v) is 2.09. The number of alkyl halides is 3. The fraction of sp³-hybridized carbons (Fsp3) is 0.500. The largest absolute Gasteiger partial charge is 0.416 e. The number of rotatable bonds is 1. The average Bonchev–Trinajstić information content (AvgIpc) is 2.27. The first-order valence-electron chi connectivity index (χ1n) is 5.57. The molecule has 0 aromatic heterocycles. The van der Waals surface area contributed by atoms with E-state index < -0.39 is 17.8 Å². The van der Waals surface area contributed by atoms with Crippen LogP contribution in [0.25, 0.3) is 0 Å². The van der Waals surface area contributed by atoms with Crippen LogP contribution in [0.2, 0.25) is 0 Å². The lowest BCUT2D eigenvalue weighted by molar-refractivity contribution is -0.137. The molecule has 2 nitrogen and oxygen atoms in total. The molecular weight excluding hydrogens is 231 g/mol. The Hall–Kier alpha value is -1.23. The van der Waals surface area contributed by atoms with Crippen LogP contribution in [0.15, 0.2) is 18.2 Å². The predicted octanol–water partition coefficient (Wildman–Crippen LogP) is 3.33. The van der Waals surface area contributed by atoms with Gasteiger partial charge < -0.3 is 10.4 Å². The Morgan fingerprint density at radius 1 is 1.41 bits per heavy atom. The highest BCUT2D eigenvalue weighted by Gasteiger charge is 2.33. The van der Waals surface area contributed by atoms with Gasteiger partial charge in [0.25, 0.3) is 0 Å². The molecule has 2 N–H and O–H groups in total. The lowest BCUT2D eigenvalue weighted by Crippen LogP contribution is -2.27. The van der Waals surface area contributed by atoms with Crippen LogP contribution in [0.1, 0.15) is 37.0 Å². The third kappa shape index (κ3) is 2.39. The van der Waals surface area contributed by atoms with E-state index >= 15 is 0 Å². The topological polar surface area (TPSA) is 32.3 Å². The van der Waals surface area contributed by atoms with Crippen LogP contribution in [0.5, 0.6) is 0 Å². The van der Waals surface area contributed by atoms with E-state index in [-0.39, 0.29) is 6.04 Å². The first-order valence-corrected chi connectivity index (χ1v) is 5.57. The molecule has 1 aliphatic rings. The van der Waals surface area contributed by atoms with Gasteiger partial charge in [-0.1, -0.05) is 6.92 Å². The lowest BCUT2D eigenvalue weighted by Gasteiger charge is -2.30. The van der Waals surface area contributed by atoms with Crippen molar-refractivity contribution in [2.45, 2.75) is 38.1 Å². The third-order valence-electron chi connectivity index (χ3n) is 3.10. The van der Waals surface area contributed by atoms with Crippen molar-refractivity contribution < 1.29 is 18.3 Å². The molecule has 17 heavy (non-hydrogen) atoms. The fourth-order valence-electron chi connectivity index (χ4n) is 2.09. The number of benzene rings is 1. The molecule has 0 spiro atoms. The number of fused-ring (bicyclic) bond motifs is 1. The van der Waals surface area contributed by atoms with Crippen LogP contribution < -0.4 is 5.32 Å². The molecule has 0 fully saturated rings. The van der Waals surface area contributed by atoms with Crippen molar-refractivity contribution >= 4 is 5.69 Å². The summed E-state index contributed by atoms with van der Waals surface area (Å²) < 4.78 is 37.6. The van der Waals surface area contributed by atoms with Crippen molar-refractivity contribution in [2.24, 2.45) is 0 Å². The maximum absolute atomic E-state index is 12.5. The molecule has 0 aliphatic carbocycles. The summed E-state index contributed by atoms with van der Waals surface area (Å²) in [4.78, 5) is 0. The number of halogens is 3. The van der Waals surface area contributed by atoms with Gasteiger partial charge in [0.2, 0.25) is 0 Å². The number of aliphatic hydroxyl groups excluding tert-OH is 1. The monoisotopic (exact) mass is 245 g/mol. The molecule has 1 aromatic rings. The molecule has 0 saturated carbocycles. The lowest BCUT2D eigenvalue weighted by atomic mass is 9.92. The third-order valence-corrected chi connectivity index (χ3v) is 3.10. The average molecular weight is 245 g/mol. The molecule has 2 rings (SSSR count). The molecule has 0 radical (unpaired) electrons. The van der Waals surface area contributed by atoms with Crippen molar-refractivity contribution in [1.29, 1.82) is 0 Å². The molecule has 0 bridgehead atoms. The second kappa shape index (κ2) is 4.22. The van der Waals surface area contributed by atoms with Gasteiger partial charge in [-0.2, -0.15) is 13.2 Å². The van der Waals surface area contributed by atoms with Crippen molar-refractivity contribution in [3.63, 3.8) is 0 Å². The van der Waals surface area contributed by atoms with Gasteiger partial charge in [-0.3, -0.25) is 0 Å². The highest BCUT2D eigenvalue weighted by atomic mass is 19.4. The quantitative estimate of drug-likeness (QED) is 0.795. The number of hydrogen-bond acceptors (Lipinski definition) is 2. The maximum Gasteiger partial charge on any atom is 0.416 e. The van der Waals surface area contributed by atoms with E-state index in [0.717, 1.165) is 18.6 Å². The van der Waals surface area contributed by atoms with Crippen molar-refractivity contribution in [2.75, 3.05) is 5.32 Å². The van der Waals surface area contributed by atoms with Gasteiger partial charge in [-0.15, -0.1) is 0 Å². The summed E-state index contributed by atoms with van der Waals surface area (Å²) in [5.41, 5.74) is 0.222. The molecule has 94 valence electrons. The molecule has 1 heterocycles. The molecule has 0 amide bonds. The van der Waals surface area contributed by atoms with Gasteiger partial charge in [0.15, 0.2) is 0 Å². The van der Waals surface area contributed by atoms with Gasteiger partial charge in [0, 0.05) is 17.3 Å². The summed E-state index contributed by atoms with van der Waals surface area (Å²) in [5, 5.41) is 13.0. The molecule has 0 unspecified atom stereocenters. The number of aliphatic hydroxyl groups is 1. The summed E-state index contributed by atoms with van der Waals surface area (Å²) in [6, 6.07) is 3.58.